The van der Waals surface area contributed by atoms with Crippen molar-refractivity contribution in [3.05, 3.63) is 59.7 Å². The van der Waals surface area contributed by atoms with Crippen LogP contribution < -0.4 is 5.32 Å². The number of nitrogens with zero attached hydrogens (tertiary/aromatic N) is 2. The lowest BCUT2D eigenvalue weighted by Crippen LogP contribution is -2.23. The first kappa shape index (κ1) is 13.5. The Morgan fingerprint density at radius 3 is 2.58 bits per heavy atom. The second-order valence-corrected chi connectivity index (χ2v) is 3.98. The number of aromatic nitrogens is 2. The molecule has 2 aromatic rings. The molecule has 0 fully saturated rings. The van der Waals surface area contributed by atoms with Crippen molar-refractivity contribution in [3.63, 3.8) is 0 Å². The quantitative estimate of drug-likeness (QED) is 0.861. The van der Waals surface area contributed by atoms with Crippen molar-refractivity contribution in [2.45, 2.75) is 12.6 Å². The van der Waals surface area contributed by atoms with E-state index in [0.29, 0.717) is 6.54 Å². The zero-order valence-electron chi connectivity index (χ0n) is 10.1. The van der Waals surface area contributed by atoms with Gasteiger partial charge in [-0.25, -0.2) is 18.7 Å². The first-order valence-electron chi connectivity index (χ1n) is 5.76. The minimum Gasteiger partial charge on any atom is -0.387 e. The van der Waals surface area contributed by atoms with Gasteiger partial charge in [0.1, 0.15) is 18.0 Å². The second kappa shape index (κ2) is 6.31. The molecule has 0 spiro atoms. The van der Waals surface area contributed by atoms with Gasteiger partial charge in [0.2, 0.25) is 0 Å². The Labute approximate surface area is 109 Å². The molecule has 0 aliphatic carbocycles. The Kier molecular flexibility index (Phi) is 4.48. The van der Waals surface area contributed by atoms with E-state index in [-0.39, 0.29) is 12.1 Å². The lowest BCUT2D eigenvalue weighted by Gasteiger charge is -2.13. The number of hydrogen-bond donors (Lipinski definition) is 2. The molecule has 19 heavy (non-hydrogen) atoms. The molecule has 100 valence electrons. The molecule has 1 atom stereocenters. The van der Waals surface area contributed by atoms with Crippen LogP contribution in [0, 0.1) is 11.6 Å². The summed E-state index contributed by atoms with van der Waals surface area (Å²) in [6, 6.07) is 5.20. The van der Waals surface area contributed by atoms with E-state index in [4.69, 9.17) is 0 Å². The van der Waals surface area contributed by atoms with Crippen LogP contribution in [0.25, 0.3) is 0 Å². The van der Waals surface area contributed by atoms with Gasteiger partial charge in [0.05, 0.1) is 17.4 Å². The van der Waals surface area contributed by atoms with E-state index >= 15 is 0 Å². The molecule has 1 unspecified atom stereocenters. The highest BCUT2D eigenvalue weighted by molar-refractivity contribution is 5.22. The number of hydrogen-bond acceptors (Lipinski definition) is 4. The summed E-state index contributed by atoms with van der Waals surface area (Å²) >= 11 is 0. The summed E-state index contributed by atoms with van der Waals surface area (Å²) in [5.41, 5.74) is 0.411. The van der Waals surface area contributed by atoms with Crippen LogP contribution in [0.5, 0.6) is 0 Å². The SMILES string of the molecule is OC(CNCc1ccncn1)c1c(F)cccc1F. The van der Waals surface area contributed by atoms with Crippen LogP contribution in [0.1, 0.15) is 17.4 Å². The van der Waals surface area contributed by atoms with Crippen LogP contribution in [0.15, 0.2) is 36.8 Å². The Morgan fingerprint density at radius 2 is 1.95 bits per heavy atom. The summed E-state index contributed by atoms with van der Waals surface area (Å²) in [5, 5.41) is 12.7. The zero-order chi connectivity index (χ0) is 13.7. The standard InChI is InChI=1S/C13H13F2N3O/c14-10-2-1-3-11(15)13(10)12(19)7-17-6-9-4-5-16-8-18-9/h1-5,8,12,17,19H,6-7H2. The fourth-order valence-corrected chi connectivity index (χ4v) is 1.69. The molecule has 1 aromatic carbocycles. The average molecular weight is 265 g/mol. The Hall–Kier alpha value is -1.92. The van der Waals surface area contributed by atoms with Gasteiger partial charge in [0.25, 0.3) is 0 Å². The van der Waals surface area contributed by atoms with Crippen molar-refractivity contribution < 1.29 is 13.9 Å². The highest BCUT2D eigenvalue weighted by atomic mass is 19.1. The highest BCUT2D eigenvalue weighted by Crippen LogP contribution is 2.19. The van der Waals surface area contributed by atoms with Gasteiger partial charge in [0.15, 0.2) is 0 Å². The normalized spacial score (nSPS) is 12.4. The fraction of sp³-hybridized carbons (Fsp3) is 0.231. The van der Waals surface area contributed by atoms with Gasteiger partial charge in [-0.05, 0) is 18.2 Å². The number of nitrogens with one attached hydrogen (secondary N) is 1. The predicted molar refractivity (Wildman–Crippen MR) is 65.1 cm³/mol. The summed E-state index contributed by atoms with van der Waals surface area (Å²) in [6.45, 7) is 0.414. The van der Waals surface area contributed by atoms with Crippen molar-refractivity contribution in [3.8, 4) is 0 Å². The summed E-state index contributed by atoms with van der Waals surface area (Å²) in [7, 11) is 0. The largest absolute Gasteiger partial charge is 0.387 e. The van der Waals surface area contributed by atoms with E-state index in [9.17, 15) is 13.9 Å². The molecule has 2 N–H and O–H groups in total. The van der Waals surface area contributed by atoms with Gasteiger partial charge in [-0.15, -0.1) is 0 Å². The maximum Gasteiger partial charge on any atom is 0.131 e. The van der Waals surface area contributed by atoms with Crippen LogP contribution in [0.2, 0.25) is 0 Å². The molecular formula is C13H13F2N3O. The van der Waals surface area contributed by atoms with Crippen LogP contribution >= 0.6 is 0 Å². The van der Waals surface area contributed by atoms with Crippen molar-refractivity contribution in [2.24, 2.45) is 0 Å². The number of aliphatic hydroxyl groups excluding tert-OH is 1. The Morgan fingerprint density at radius 1 is 1.21 bits per heavy atom. The fourth-order valence-electron chi connectivity index (χ4n) is 1.69. The molecule has 0 bridgehead atoms. The molecule has 0 amide bonds. The third-order valence-electron chi connectivity index (χ3n) is 2.62. The molecule has 6 heteroatoms. The smallest absolute Gasteiger partial charge is 0.131 e. The molecule has 0 saturated carbocycles. The minimum absolute atomic E-state index is 0.0296. The zero-order valence-corrected chi connectivity index (χ0v) is 10.1. The minimum atomic E-state index is -1.25. The monoisotopic (exact) mass is 265 g/mol. The number of benzene rings is 1. The van der Waals surface area contributed by atoms with Crippen molar-refractivity contribution in [1.29, 1.82) is 0 Å². The van der Waals surface area contributed by atoms with Crippen LogP contribution in [0.4, 0.5) is 8.78 Å². The summed E-state index contributed by atoms with van der Waals surface area (Å²) in [5.74, 6) is -1.51. The molecule has 0 saturated heterocycles. The van der Waals surface area contributed by atoms with Crippen LogP contribution in [-0.2, 0) is 6.54 Å². The van der Waals surface area contributed by atoms with Gasteiger partial charge in [-0.1, -0.05) is 6.07 Å². The molecule has 0 aliphatic rings. The first-order chi connectivity index (χ1) is 9.18. The number of aliphatic hydroxyl groups is 1. The van der Waals surface area contributed by atoms with Crippen LogP contribution in [-0.4, -0.2) is 21.6 Å². The van der Waals surface area contributed by atoms with Gasteiger partial charge >= 0.3 is 0 Å². The number of halogens is 2. The average Bonchev–Trinajstić information content (AvgIpc) is 2.40. The van der Waals surface area contributed by atoms with Gasteiger partial charge in [0, 0.05) is 19.3 Å². The van der Waals surface area contributed by atoms with Gasteiger partial charge < -0.3 is 10.4 Å². The van der Waals surface area contributed by atoms with E-state index in [1.54, 1.807) is 12.3 Å². The van der Waals surface area contributed by atoms with Crippen molar-refractivity contribution in [1.82, 2.24) is 15.3 Å². The third kappa shape index (κ3) is 3.52. The second-order valence-electron chi connectivity index (χ2n) is 3.98. The highest BCUT2D eigenvalue weighted by Gasteiger charge is 2.17. The molecule has 0 radical (unpaired) electrons. The molecule has 2 rings (SSSR count). The van der Waals surface area contributed by atoms with Crippen LogP contribution in [0.3, 0.4) is 0 Å². The maximum absolute atomic E-state index is 13.4. The summed E-state index contributed by atoms with van der Waals surface area (Å²) < 4.78 is 26.8. The van der Waals surface area contributed by atoms with E-state index < -0.39 is 17.7 Å². The molecule has 1 aromatic heterocycles. The van der Waals surface area contributed by atoms with E-state index in [1.807, 2.05) is 0 Å². The molecule has 1 heterocycles. The topological polar surface area (TPSA) is 58.0 Å². The van der Waals surface area contributed by atoms with E-state index in [2.05, 4.69) is 15.3 Å². The summed E-state index contributed by atoms with van der Waals surface area (Å²) in [6.07, 6.45) is 1.75. The molecule has 0 aliphatic heterocycles. The Balaban J connectivity index is 1.93. The first-order valence-corrected chi connectivity index (χ1v) is 5.76. The predicted octanol–water partition coefficient (Wildman–Crippen LogP) is 1.58. The van der Waals surface area contributed by atoms with E-state index in [0.717, 1.165) is 17.8 Å². The molecule has 4 nitrogen and oxygen atoms in total. The lowest BCUT2D eigenvalue weighted by molar-refractivity contribution is 0.164. The molecular weight excluding hydrogens is 252 g/mol. The third-order valence-corrected chi connectivity index (χ3v) is 2.62. The van der Waals surface area contributed by atoms with Crippen molar-refractivity contribution >= 4 is 0 Å². The van der Waals surface area contributed by atoms with E-state index in [1.165, 1.54) is 12.4 Å². The summed E-state index contributed by atoms with van der Waals surface area (Å²) in [4.78, 5) is 7.75. The van der Waals surface area contributed by atoms with Crippen molar-refractivity contribution in [2.75, 3.05) is 6.54 Å². The van der Waals surface area contributed by atoms with Gasteiger partial charge in [-0.3, -0.25) is 0 Å². The lowest BCUT2D eigenvalue weighted by atomic mass is 10.1. The maximum atomic E-state index is 13.4. The van der Waals surface area contributed by atoms with Gasteiger partial charge in [-0.2, -0.15) is 0 Å². The number of rotatable bonds is 5. The Bertz CT molecular complexity index is 516.